The van der Waals surface area contributed by atoms with Gasteiger partial charge in [-0.05, 0) is 50.7 Å². The van der Waals surface area contributed by atoms with Crippen molar-refractivity contribution in [3.05, 3.63) is 29.0 Å². The van der Waals surface area contributed by atoms with Crippen LogP contribution in [0.3, 0.4) is 0 Å². The quantitative estimate of drug-likeness (QED) is 0.707. The van der Waals surface area contributed by atoms with Gasteiger partial charge in [-0.2, -0.15) is 0 Å². The second-order valence-corrected chi connectivity index (χ2v) is 8.30. The Bertz CT molecular complexity index is 748. The highest BCUT2D eigenvalue weighted by Crippen LogP contribution is 2.60. The predicted molar refractivity (Wildman–Crippen MR) is 96.1 cm³/mol. The van der Waals surface area contributed by atoms with Crippen LogP contribution in [0.4, 0.5) is 4.39 Å². The molecular weight excluding hydrogens is 375 g/mol. The van der Waals surface area contributed by atoms with Crippen molar-refractivity contribution in [1.29, 1.82) is 0 Å². The van der Waals surface area contributed by atoms with Crippen LogP contribution in [0.2, 0.25) is 5.02 Å². The Balaban J connectivity index is 1.17. The smallest absolute Gasteiger partial charge is 0.258 e. The first-order valence-electron chi connectivity index (χ1n) is 9.19. The van der Waals surface area contributed by atoms with E-state index in [4.69, 9.17) is 21.1 Å². The number of halogens is 2. The molecule has 0 saturated heterocycles. The van der Waals surface area contributed by atoms with Crippen molar-refractivity contribution < 1.29 is 23.5 Å². The molecule has 5 rings (SSSR count). The fourth-order valence-corrected chi connectivity index (χ4v) is 4.35. The molecular formula is C19H22ClFN2O4. The predicted octanol–water partition coefficient (Wildman–Crippen LogP) is 2.33. The SMILES string of the molecule is O=C(COc1cccc(Cl)c1F)NC12CC(NC(=O)COC3CCC3)(C1)C2. The summed E-state index contributed by atoms with van der Waals surface area (Å²) in [7, 11) is 0. The molecule has 0 heterocycles. The normalized spacial score (nSPS) is 28.4. The lowest BCUT2D eigenvalue weighted by atomic mass is 9.44. The van der Waals surface area contributed by atoms with E-state index in [2.05, 4.69) is 10.6 Å². The Kier molecular flexibility index (Phi) is 4.76. The van der Waals surface area contributed by atoms with Crippen LogP contribution < -0.4 is 15.4 Å². The van der Waals surface area contributed by atoms with Crippen LogP contribution in [-0.2, 0) is 14.3 Å². The molecule has 4 saturated carbocycles. The third-order valence-electron chi connectivity index (χ3n) is 5.62. The number of amides is 2. The van der Waals surface area contributed by atoms with Crippen LogP contribution in [-0.4, -0.2) is 42.2 Å². The topological polar surface area (TPSA) is 76.7 Å². The first-order valence-corrected chi connectivity index (χ1v) is 9.57. The summed E-state index contributed by atoms with van der Waals surface area (Å²) in [6.45, 7) is -0.182. The largest absolute Gasteiger partial charge is 0.481 e. The molecule has 0 atom stereocenters. The molecule has 1 aromatic carbocycles. The van der Waals surface area contributed by atoms with Gasteiger partial charge in [-0.15, -0.1) is 0 Å². The van der Waals surface area contributed by atoms with Crippen LogP contribution in [0, 0.1) is 5.82 Å². The van der Waals surface area contributed by atoms with E-state index in [0.29, 0.717) is 19.3 Å². The van der Waals surface area contributed by atoms with E-state index in [1.54, 1.807) is 6.07 Å². The first-order chi connectivity index (χ1) is 12.9. The minimum atomic E-state index is -0.678. The molecule has 0 aliphatic heterocycles. The van der Waals surface area contributed by atoms with Crippen molar-refractivity contribution in [3.63, 3.8) is 0 Å². The lowest BCUT2D eigenvalue weighted by Gasteiger charge is -2.70. The zero-order valence-corrected chi connectivity index (χ0v) is 15.6. The molecule has 0 radical (unpaired) electrons. The molecule has 146 valence electrons. The fraction of sp³-hybridized carbons (Fsp3) is 0.579. The Labute approximate surface area is 161 Å². The zero-order chi connectivity index (χ0) is 19.1. The van der Waals surface area contributed by atoms with Gasteiger partial charge in [0, 0.05) is 11.1 Å². The number of hydrogen-bond donors (Lipinski definition) is 2. The molecule has 0 unspecified atom stereocenters. The molecule has 2 bridgehead atoms. The highest BCUT2D eigenvalue weighted by molar-refractivity contribution is 6.30. The van der Waals surface area contributed by atoms with Crippen molar-refractivity contribution >= 4 is 23.4 Å². The molecule has 27 heavy (non-hydrogen) atoms. The summed E-state index contributed by atoms with van der Waals surface area (Å²) in [5.74, 6) is -1.14. The number of benzene rings is 1. The molecule has 4 aliphatic carbocycles. The third kappa shape index (κ3) is 3.75. The maximum atomic E-state index is 13.7. The van der Waals surface area contributed by atoms with Gasteiger partial charge in [-0.1, -0.05) is 17.7 Å². The van der Waals surface area contributed by atoms with Gasteiger partial charge in [0.05, 0.1) is 11.1 Å². The summed E-state index contributed by atoms with van der Waals surface area (Å²) in [5.41, 5.74) is -0.497. The molecule has 0 aromatic heterocycles. The van der Waals surface area contributed by atoms with Gasteiger partial charge in [-0.25, -0.2) is 4.39 Å². The Morgan fingerprint density at radius 1 is 1.11 bits per heavy atom. The minimum absolute atomic E-state index is 0.0497. The maximum Gasteiger partial charge on any atom is 0.258 e. The van der Waals surface area contributed by atoms with Gasteiger partial charge in [0.15, 0.2) is 18.2 Å². The van der Waals surface area contributed by atoms with Crippen molar-refractivity contribution in [1.82, 2.24) is 10.6 Å². The van der Waals surface area contributed by atoms with E-state index < -0.39 is 5.82 Å². The monoisotopic (exact) mass is 396 g/mol. The second kappa shape index (κ2) is 6.95. The van der Waals surface area contributed by atoms with Crippen LogP contribution in [0.1, 0.15) is 38.5 Å². The Hall–Kier alpha value is -1.86. The summed E-state index contributed by atoms with van der Waals surface area (Å²) < 4.78 is 24.5. The summed E-state index contributed by atoms with van der Waals surface area (Å²) >= 11 is 5.68. The number of nitrogens with one attached hydrogen (secondary N) is 2. The van der Waals surface area contributed by atoms with Crippen molar-refractivity contribution in [2.45, 2.75) is 55.7 Å². The standard InChI is InChI=1S/C19H22ClFN2O4/c20-13-5-2-6-14(17(13)21)27-8-16(25)23-19-9-18(10-19,11-19)22-15(24)7-26-12-3-1-4-12/h2,5-6,12H,1,3-4,7-11H2,(H,22,24)(H,23,25). The Morgan fingerprint density at radius 2 is 1.74 bits per heavy atom. The van der Waals surface area contributed by atoms with E-state index in [0.717, 1.165) is 12.8 Å². The molecule has 4 fully saturated rings. The maximum absolute atomic E-state index is 13.7. The first kappa shape index (κ1) is 18.5. The molecule has 1 aromatic rings. The van der Waals surface area contributed by atoms with Crippen LogP contribution >= 0.6 is 11.6 Å². The third-order valence-corrected chi connectivity index (χ3v) is 5.91. The van der Waals surface area contributed by atoms with E-state index in [9.17, 15) is 14.0 Å². The van der Waals surface area contributed by atoms with Gasteiger partial charge in [0.25, 0.3) is 5.91 Å². The van der Waals surface area contributed by atoms with Crippen molar-refractivity contribution in [3.8, 4) is 5.75 Å². The molecule has 0 spiro atoms. The lowest BCUT2D eigenvalue weighted by molar-refractivity contribution is -0.154. The number of hydrogen-bond acceptors (Lipinski definition) is 4. The summed E-state index contributed by atoms with van der Waals surface area (Å²) in [6, 6.07) is 4.39. The molecule has 6 nitrogen and oxygen atoms in total. The molecule has 8 heteroatoms. The van der Waals surface area contributed by atoms with E-state index in [1.165, 1.54) is 18.6 Å². The van der Waals surface area contributed by atoms with Crippen molar-refractivity contribution in [2.75, 3.05) is 13.2 Å². The fourth-order valence-electron chi connectivity index (χ4n) is 4.19. The van der Waals surface area contributed by atoms with E-state index >= 15 is 0 Å². The average molecular weight is 397 g/mol. The molecule has 2 amide bonds. The van der Waals surface area contributed by atoms with Gasteiger partial charge >= 0.3 is 0 Å². The average Bonchev–Trinajstić information content (AvgIpc) is 2.51. The molecule has 4 aliphatic rings. The van der Waals surface area contributed by atoms with Gasteiger partial charge in [-0.3, -0.25) is 9.59 Å². The molecule has 2 N–H and O–H groups in total. The summed E-state index contributed by atoms with van der Waals surface area (Å²) in [5, 5.41) is 5.90. The number of carbonyl (C=O) groups is 2. The van der Waals surface area contributed by atoms with E-state index in [1.807, 2.05) is 0 Å². The number of carbonyl (C=O) groups excluding carboxylic acids is 2. The minimum Gasteiger partial charge on any atom is -0.481 e. The van der Waals surface area contributed by atoms with Crippen LogP contribution in [0.15, 0.2) is 18.2 Å². The van der Waals surface area contributed by atoms with Gasteiger partial charge < -0.3 is 20.1 Å². The summed E-state index contributed by atoms with van der Waals surface area (Å²) in [4.78, 5) is 24.1. The highest BCUT2D eigenvalue weighted by atomic mass is 35.5. The number of rotatable bonds is 8. The van der Waals surface area contributed by atoms with Gasteiger partial charge in [0.2, 0.25) is 5.91 Å². The highest BCUT2D eigenvalue weighted by Gasteiger charge is 2.69. The van der Waals surface area contributed by atoms with Gasteiger partial charge in [0.1, 0.15) is 6.61 Å². The Morgan fingerprint density at radius 3 is 2.33 bits per heavy atom. The van der Waals surface area contributed by atoms with Crippen molar-refractivity contribution in [2.24, 2.45) is 0 Å². The van der Waals surface area contributed by atoms with E-state index in [-0.39, 0.29) is 53.0 Å². The zero-order valence-electron chi connectivity index (χ0n) is 14.9. The summed E-state index contributed by atoms with van der Waals surface area (Å²) in [6.07, 6.45) is 5.58. The van der Waals surface area contributed by atoms with Crippen LogP contribution in [0.5, 0.6) is 5.75 Å². The second-order valence-electron chi connectivity index (χ2n) is 7.89. The lowest BCUT2D eigenvalue weighted by Crippen LogP contribution is -2.84. The number of ether oxygens (including phenoxy) is 2. The van der Waals surface area contributed by atoms with Crippen LogP contribution in [0.25, 0.3) is 0 Å².